The van der Waals surface area contributed by atoms with Gasteiger partial charge in [-0.3, -0.25) is 9.59 Å². The summed E-state index contributed by atoms with van der Waals surface area (Å²) in [6, 6.07) is 4.33. The molecule has 0 saturated carbocycles. The number of anilines is 1. The topological polar surface area (TPSA) is 141 Å². The van der Waals surface area contributed by atoms with Gasteiger partial charge in [0.2, 0.25) is 0 Å². The van der Waals surface area contributed by atoms with Crippen molar-refractivity contribution in [1.29, 1.82) is 0 Å². The van der Waals surface area contributed by atoms with Gasteiger partial charge in [-0.1, -0.05) is 0 Å². The van der Waals surface area contributed by atoms with E-state index in [4.69, 9.17) is 15.9 Å². The molecule has 0 fully saturated rings. The standard InChI is InChI=1S/C16H23NO6/c17-12-6-10(15(22)3-1-13(20)8-18)5-11(7-12)16(23)4-2-14(21)9-19/h5-7,13-14,18-21H,1-4,8-9,17H2. The number of benzene rings is 1. The highest BCUT2D eigenvalue weighted by Gasteiger charge is 2.15. The first-order chi connectivity index (χ1) is 10.9. The molecular formula is C16H23NO6. The second-order valence-corrected chi connectivity index (χ2v) is 5.44. The summed E-state index contributed by atoms with van der Waals surface area (Å²) in [7, 11) is 0. The highest BCUT2D eigenvalue weighted by Crippen LogP contribution is 2.17. The molecule has 0 aliphatic carbocycles. The second kappa shape index (κ2) is 9.36. The Kier molecular flexibility index (Phi) is 7.84. The number of aliphatic hydroxyl groups excluding tert-OH is 4. The van der Waals surface area contributed by atoms with Crippen molar-refractivity contribution in [3.05, 3.63) is 29.3 Å². The molecule has 6 N–H and O–H groups in total. The quantitative estimate of drug-likeness (QED) is 0.299. The van der Waals surface area contributed by atoms with E-state index in [0.717, 1.165) is 0 Å². The molecule has 1 rings (SSSR count). The van der Waals surface area contributed by atoms with E-state index in [1.165, 1.54) is 18.2 Å². The molecule has 0 spiro atoms. The molecular weight excluding hydrogens is 302 g/mol. The van der Waals surface area contributed by atoms with Crippen LogP contribution in [0.25, 0.3) is 0 Å². The molecule has 0 radical (unpaired) electrons. The first kappa shape index (κ1) is 19.2. The van der Waals surface area contributed by atoms with Crippen molar-refractivity contribution >= 4 is 17.3 Å². The maximum atomic E-state index is 12.1. The van der Waals surface area contributed by atoms with Crippen LogP contribution < -0.4 is 5.73 Å². The van der Waals surface area contributed by atoms with E-state index in [1.807, 2.05) is 0 Å². The maximum Gasteiger partial charge on any atom is 0.163 e. The van der Waals surface area contributed by atoms with Gasteiger partial charge in [0.05, 0.1) is 25.4 Å². The predicted molar refractivity (Wildman–Crippen MR) is 84.2 cm³/mol. The zero-order chi connectivity index (χ0) is 17.4. The Labute approximate surface area is 134 Å². The molecule has 0 aliphatic heterocycles. The Morgan fingerprint density at radius 2 is 1.26 bits per heavy atom. The van der Waals surface area contributed by atoms with Crippen LogP contribution >= 0.6 is 0 Å². The van der Waals surface area contributed by atoms with Gasteiger partial charge in [-0.25, -0.2) is 0 Å². The third-order valence-electron chi connectivity index (χ3n) is 3.43. The van der Waals surface area contributed by atoms with Crippen LogP contribution in [0.4, 0.5) is 5.69 Å². The minimum Gasteiger partial charge on any atom is -0.399 e. The molecule has 0 heterocycles. The zero-order valence-electron chi connectivity index (χ0n) is 12.8. The van der Waals surface area contributed by atoms with Crippen LogP contribution in [0.5, 0.6) is 0 Å². The van der Waals surface area contributed by atoms with Gasteiger partial charge in [0.25, 0.3) is 0 Å². The Balaban J connectivity index is 2.78. The highest BCUT2D eigenvalue weighted by molar-refractivity contribution is 6.02. The molecule has 128 valence electrons. The first-order valence-electron chi connectivity index (χ1n) is 7.42. The van der Waals surface area contributed by atoms with E-state index >= 15 is 0 Å². The lowest BCUT2D eigenvalue weighted by atomic mass is 9.98. The van der Waals surface area contributed by atoms with Crippen molar-refractivity contribution in [2.24, 2.45) is 0 Å². The predicted octanol–water partition coefficient (Wildman–Crippen LogP) is -0.0990. The van der Waals surface area contributed by atoms with Gasteiger partial charge in [0.15, 0.2) is 11.6 Å². The highest BCUT2D eigenvalue weighted by atomic mass is 16.3. The first-order valence-corrected chi connectivity index (χ1v) is 7.42. The minimum atomic E-state index is -0.957. The van der Waals surface area contributed by atoms with Crippen molar-refractivity contribution < 1.29 is 30.0 Å². The molecule has 7 nitrogen and oxygen atoms in total. The number of carbonyl (C=O) groups excluding carboxylic acids is 2. The lowest BCUT2D eigenvalue weighted by Crippen LogP contribution is -2.15. The lowest BCUT2D eigenvalue weighted by Gasteiger charge is -2.09. The Hall–Kier alpha value is -1.80. The number of hydrogen-bond donors (Lipinski definition) is 5. The number of carbonyl (C=O) groups is 2. The van der Waals surface area contributed by atoms with Crippen LogP contribution in [0, 0.1) is 0 Å². The van der Waals surface area contributed by atoms with Gasteiger partial charge in [-0.15, -0.1) is 0 Å². The summed E-state index contributed by atoms with van der Waals surface area (Å²) in [6.07, 6.45) is -1.61. The maximum absolute atomic E-state index is 12.1. The smallest absolute Gasteiger partial charge is 0.163 e. The van der Waals surface area contributed by atoms with Gasteiger partial charge in [-0.2, -0.15) is 0 Å². The normalized spacial score (nSPS) is 13.6. The number of rotatable bonds is 10. The molecule has 0 aromatic heterocycles. The summed E-state index contributed by atoms with van der Waals surface area (Å²) in [4.78, 5) is 24.1. The van der Waals surface area contributed by atoms with Gasteiger partial charge < -0.3 is 26.2 Å². The monoisotopic (exact) mass is 325 g/mol. The largest absolute Gasteiger partial charge is 0.399 e. The summed E-state index contributed by atoms with van der Waals surface area (Å²) in [5.41, 5.74) is 6.51. The van der Waals surface area contributed by atoms with E-state index in [9.17, 15) is 19.8 Å². The molecule has 0 bridgehead atoms. The van der Waals surface area contributed by atoms with E-state index in [0.29, 0.717) is 0 Å². The van der Waals surface area contributed by atoms with Gasteiger partial charge in [-0.05, 0) is 31.0 Å². The van der Waals surface area contributed by atoms with Crippen molar-refractivity contribution in [2.45, 2.75) is 37.9 Å². The van der Waals surface area contributed by atoms with Crippen LogP contribution in [-0.4, -0.2) is 57.4 Å². The van der Waals surface area contributed by atoms with Crippen LogP contribution in [0.1, 0.15) is 46.4 Å². The van der Waals surface area contributed by atoms with Crippen molar-refractivity contribution in [3.63, 3.8) is 0 Å². The third-order valence-corrected chi connectivity index (χ3v) is 3.43. The molecule has 23 heavy (non-hydrogen) atoms. The van der Waals surface area contributed by atoms with Crippen molar-refractivity contribution in [1.82, 2.24) is 0 Å². The SMILES string of the molecule is Nc1cc(C(=O)CCC(O)CO)cc(C(=O)CCC(O)CO)c1. The average Bonchev–Trinajstić information content (AvgIpc) is 2.55. The number of nitrogens with two attached hydrogens (primary N) is 1. The van der Waals surface area contributed by atoms with Crippen LogP contribution in [-0.2, 0) is 0 Å². The fourth-order valence-electron chi connectivity index (χ4n) is 2.04. The number of nitrogen functional groups attached to an aromatic ring is 1. The zero-order valence-corrected chi connectivity index (χ0v) is 12.8. The van der Waals surface area contributed by atoms with Crippen LogP contribution in [0.2, 0.25) is 0 Å². The summed E-state index contributed by atoms with van der Waals surface area (Å²) in [5.74, 6) is -0.566. The minimum absolute atomic E-state index is 0.0298. The molecule has 1 aromatic carbocycles. The van der Waals surface area contributed by atoms with E-state index < -0.39 is 25.4 Å². The van der Waals surface area contributed by atoms with E-state index in [-0.39, 0.29) is 54.1 Å². The van der Waals surface area contributed by atoms with Crippen molar-refractivity contribution in [3.8, 4) is 0 Å². The molecule has 2 atom stereocenters. The molecule has 7 heteroatoms. The summed E-state index contributed by atoms with van der Waals surface area (Å²) in [6.45, 7) is -0.831. The van der Waals surface area contributed by atoms with E-state index in [2.05, 4.69) is 0 Å². The fraction of sp³-hybridized carbons (Fsp3) is 0.500. The van der Waals surface area contributed by atoms with Crippen LogP contribution in [0.3, 0.4) is 0 Å². The van der Waals surface area contributed by atoms with Gasteiger partial charge in [0, 0.05) is 29.7 Å². The average molecular weight is 325 g/mol. The molecule has 0 amide bonds. The molecule has 2 unspecified atom stereocenters. The van der Waals surface area contributed by atoms with E-state index in [1.54, 1.807) is 0 Å². The number of Topliss-reactive ketones (excluding diaryl/α,β-unsaturated/α-hetero) is 2. The second-order valence-electron chi connectivity index (χ2n) is 5.44. The third kappa shape index (κ3) is 6.45. The van der Waals surface area contributed by atoms with Crippen LogP contribution in [0.15, 0.2) is 18.2 Å². The molecule has 0 saturated heterocycles. The number of ketones is 2. The van der Waals surface area contributed by atoms with Gasteiger partial charge in [0.1, 0.15) is 0 Å². The fourth-order valence-corrected chi connectivity index (χ4v) is 2.04. The van der Waals surface area contributed by atoms with Gasteiger partial charge >= 0.3 is 0 Å². The summed E-state index contributed by atoms with van der Waals surface area (Å²) >= 11 is 0. The lowest BCUT2D eigenvalue weighted by molar-refractivity contribution is 0.0777. The molecule has 0 aliphatic rings. The summed E-state index contributed by atoms with van der Waals surface area (Å²) < 4.78 is 0. The Morgan fingerprint density at radius 3 is 1.61 bits per heavy atom. The van der Waals surface area contributed by atoms with Crippen molar-refractivity contribution in [2.75, 3.05) is 18.9 Å². The Morgan fingerprint density at radius 1 is 0.870 bits per heavy atom. The molecule has 1 aromatic rings. The summed E-state index contributed by atoms with van der Waals surface area (Å²) in [5, 5.41) is 36.0. The Bertz CT molecular complexity index is 501. The number of aliphatic hydroxyl groups is 4. The number of hydrogen-bond acceptors (Lipinski definition) is 7.